The summed E-state index contributed by atoms with van der Waals surface area (Å²) in [6.45, 7) is 6.95. The molecule has 0 spiro atoms. The molecule has 4 nitrogen and oxygen atoms in total. The number of benzene rings is 2. The summed E-state index contributed by atoms with van der Waals surface area (Å²) in [6, 6.07) is 16.5. The van der Waals surface area contributed by atoms with Gasteiger partial charge in [0, 0.05) is 6.54 Å². The number of nitrogens with one attached hydrogen (secondary N) is 1. The zero-order valence-corrected chi connectivity index (χ0v) is 15.7. The first-order chi connectivity index (χ1) is 12.6. The molecule has 0 bridgehead atoms. The molecule has 1 heterocycles. The van der Waals surface area contributed by atoms with Crippen molar-refractivity contribution in [2.75, 3.05) is 26.2 Å². The Balaban J connectivity index is 1.54. The van der Waals surface area contributed by atoms with Gasteiger partial charge in [0.15, 0.2) is 6.61 Å². The minimum atomic E-state index is -0.0802. The van der Waals surface area contributed by atoms with Crippen molar-refractivity contribution in [3.63, 3.8) is 0 Å². The highest BCUT2D eigenvalue weighted by atomic mass is 16.5. The van der Waals surface area contributed by atoms with Gasteiger partial charge >= 0.3 is 0 Å². The Morgan fingerprint density at radius 3 is 2.50 bits per heavy atom. The fraction of sp³-hybridized carbons (Fsp3) is 0.409. The number of nitrogens with zero attached hydrogens (tertiary/aromatic N) is 1. The highest BCUT2D eigenvalue weighted by Gasteiger charge is 2.23. The Morgan fingerprint density at radius 1 is 1.08 bits per heavy atom. The second-order valence-corrected chi connectivity index (χ2v) is 7.01. The summed E-state index contributed by atoms with van der Waals surface area (Å²) >= 11 is 0. The van der Waals surface area contributed by atoms with E-state index in [9.17, 15) is 4.79 Å². The minimum Gasteiger partial charge on any atom is -0.484 e. The lowest BCUT2D eigenvalue weighted by atomic mass is 10.1. The molecule has 0 radical (unpaired) electrons. The molecule has 0 saturated carbocycles. The molecule has 1 fully saturated rings. The second kappa shape index (κ2) is 8.86. The number of aryl methyl sites for hydroxylation is 2. The summed E-state index contributed by atoms with van der Waals surface area (Å²) in [5, 5.41) is 3.05. The predicted molar refractivity (Wildman–Crippen MR) is 104 cm³/mol. The Bertz CT molecular complexity index is 724. The average Bonchev–Trinajstić information content (AvgIpc) is 3.18. The lowest BCUT2D eigenvalue weighted by molar-refractivity contribution is -0.123. The number of hydrogen-bond acceptors (Lipinski definition) is 3. The van der Waals surface area contributed by atoms with E-state index in [2.05, 4.69) is 41.4 Å². The minimum absolute atomic E-state index is 0.0456. The van der Waals surface area contributed by atoms with E-state index in [4.69, 9.17) is 4.74 Å². The molecule has 4 heteroatoms. The van der Waals surface area contributed by atoms with Crippen LogP contribution in [0.25, 0.3) is 0 Å². The van der Waals surface area contributed by atoms with E-state index in [1.54, 1.807) is 0 Å². The van der Waals surface area contributed by atoms with E-state index in [-0.39, 0.29) is 18.6 Å². The molecule has 0 aromatic heterocycles. The van der Waals surface area contributed by atoms with E-state index in [1.165, 1.54) is 29.5 Å². The van der Waals surface area contributed by atoms with Crippen LogP contribution in [-0.4, -0.2) is 37.0 Å². The van der Waals surface area contributed by atoms with Gasteiger partial charge in [-0.1, -0.05) is 36.4 Å². The largest absolute Gasteiger partial charge is 0.484 e. The molecular formula is C22H28N2O2. The molecule has 1 saturated heterocycles. The maximum Gasteiger partial charge on any atom is 0.258 e. The normalized spacial score (nSPS) is 15.6. The SMILES string of the molecule is Cc1ccc(OCC(=O)NCC(c2ccccc2)N2CCCC2)cc1C. The molecule has 1 aliphatic heterocycles. The van der Waals surface area contributed by atoms with Gasteiger partial charge in [-0.15, -0.1) is 0 Å². The number of rotatable bonds is 7. The van der Waals surface area contributed by atoms with Crippen LogP contribution >= 0.6 is 0 Å². The van der Waals surface area contributed by atoms with Crippen molar-refractivity contribution >= 4 is 5.91 Å². The van der Waals surface area contributed by atoms with Crippen molar-refractivity contribution in [1.29, 1.82) is 0 Å². The first-order valence-corrected chi connectivity index (χ1v) is 9.39. The maximum absolute atomic E-state index is 12.3. The first kappa shape index (κ1) is 18.5. The lowest BCUT2D eigenvalue weighted by Crippen LogP contribution is -2.38. The summed E-state index contributed by atoms with van der Waals surface area (Å²) in [4.78, 5) is 14.7. The Kier molecular flexibility index (Phi) is 6.29. The van der Waals surface area contributed by atoms with Gasteiger partial charge in [-0.2, -0.15) is 0 Å². The van der Waals surface area contributed by atoms with E-state index in [0.29, 0.717) is 6.54 Å². The van der Waals surface area contributed by atoms with Crippen LogP contribution in [-0.2, 0) is 4.79 Å². The van der Waals surface area contributed by atoms with Gasteiger partial charge in [0.1, 0.15) is 5.75 Å². The van der Waals surface area contributed by atoms with Crippen LogP contribution in [0.3, 0.4) is 0 Å². The molecule has 26 heavy (non-hydrogen) atoms. The van der Waals surface area contributed by atoms with E-state index in [1.807, 2.05) is 31.2 Å². The topological polar surface area (TPSA) is 41.6 Å². The number of ether oxygens (including phenoxy) is 1. The quantitative estimate of drug-likeness (QED) is 0.827. The van der Waals surface area contributed by atoms with E-state index in [0.717, 1.165) is 18.8 Å². The van der Waals surface area contributed by atoms with Gasteiger partial charge in [0.25, 0.3) is 5.91 Å². The van der Waals surface area contributed by atoms with Crippen molar-refractivity contribution in [3.8, 4) is 5.75 Å². The van der Waals surface area contributed by atoms with Gasteiger partial charge in [-0.25, -0.2) is 0 Å². The van der Waals surface area contributed by atoms with Crippen molar-refractivity contribution in [1.82, 2.24) is 10.2 Å². The van der Waals surface area contributed by atoms with E-state index >= 15 is 0 Å². The molecular weight excluding hydrogens is 324 g/mol. The van der Waals surface area contributed by atoms with Crippen LogP contribution in [0.5, 0.6) is 5.75 Å². The van der Waals surface area contributed by atoms with Gasteiger partial charge < -0.3 is 10.1 Å². The molecule has 2 aromatic carbocycles. The zero-order valence-electron chi connectivity index (χ0n) is 15.7. The van der Waals surface area contributed by atoms with Crippen LogP contribution < -0.4 is 10.1 Å². The second-order valence-electron chi connectivity index (χ2n) is 7.01. The van der Waals surface area contributed by atoms with Crippen molar-refractivity contribution in [2.24, 2.45) is 0 Å². The third kappa shape index (κ3) is 4.85. The summed E-state index contributed by atoms with van der Waals surface area (Å²) < 4.78 is 5.64. The standard InChI is InChI=1S/C22H28N2O2/c1-17-10-11-20(14-18(17)2)26-16-22(25)23-15-21(24-12-6-7-13-24)19-8-4-3-5-9-19/h3-5,8-11,14,21H,6-7,12-13,15-16H2,1-2H3,(H,23,25). The number of hydrogen-bond donors (Lipinski definition) is 1. The maximum atomic E-state index is 12.3. The van der Waals surface area contributed by atoms with Crippen molar-refractivity contribution in [2.45, 2.75) is 32.7 Å². The van der Waals surface area contributed by atoms with Crippen LogP contribution in [0, 0.1) is 13.8 Å². The molecule has 1 amide bonds. The zero-order chi connectivity index (χ0) is 18.4. The fourth-order valence-corrected chi connectivity index (χ4v) is 3.40. The van der Waals surface area contributed by atoms with Gasteiger partial charge in [-0.3, -0.25) is 9.69 Å². The van der Waals surface area contributed by atoms with E-state index < -0.39 is 0 Å². The van der Waals surface area contributed by atoms with Crippen LogP contribution in [0.4, 0.5) is 0 Å². The predicted octanol–water partition coefficient (Wildman–Crippen LogP) is 3.64. The smallest absolute Gasteiger partial charge is 0.258 e. The number of carbonyl (C=O) groups is 1. The molecule has 1 N–H and O–H groups in total. The van der Waals surface area contributed by atoms with Gasteiger partial charge in [0.05, 0.1) is 6.04 Å². The van der Waals surface area contributed by atoms with Crippen LogP contribution in [0.2, 0.25) is 0 Å². The summed E-state index contributed by atoms with van der Waals surface area (Å²) in [5.41, 5.74) is 3.64. The number of carbonyl (C=O) groups excluding carboxylic acids is 1. The fourth-order valence-electron chi connectivity index (χ4n) is 3.40. The van der Waals surface area contributed by atoms with Crippen molar-refractivity contribution in [3.05, 3.63) is 65.2 Å². The molecule has 2 aromatic rings. The highest BCUT2D eigenvalue weighted by Crippen LogP contribution is 2.24. The van der Waals surface area contributed by atoms with Crippen LogP contribution in [0.15, 0.2) is 48.5 Å². The Hall–Kier alpha value is -2.33. The third-order valence-corrected chi connectivity index (χ3v) is 5.11. The monoisotopic (exact) mass is 352 g/mol. The summed E-state index contributed by atoms with van der Waals surface area (Å²) in [5.74, 6) is 0.658. The van der Waals surface area contributed by atoms with Crippen molar-refractivity contribution < 1.29 is 9.53 Å². The molecule has 3 rings (SSSR count). The Morgan fingerprint density at radius 2 is 1.81 bits per heavy atom. The molecule has 138 valence electrons. The third-order valence-electron chi connectivity index (χ3n) is 5.11. The van der Waals surface area contributed by atoms with Gasteiger partial charge in [0.2, 0.25) is 0 Å². The molecule has 1 unspecified atom stereocenters. The van der Waals surface area contributed by atoms with Crippen LogP contribution in [0.1, 0.15) is 35.6 Å². The summed E-state index contributed by atoms with van der Waals surface area (Å²) in [7, 11) is 0. The lowest BCUT2D eigenvalue weighted by Gasteiger charge is -2.28. The Labute approximate surface area is 156 Å². The molecule has 1 atom stereocenters. The summed E-state index contributed by atoms with van der Waals surface area (Å²) in [6.07, 6.45) is 2.46. The average molecular weight is 352 g/mol. The number of likely N-dealkylation sites (tertiary alicyclic amines) is 1. The highest BCUT2D eigenvalue weighted by molar-refractivity contribution is 5.77. The first-order valence-electron chi connectivity index (χ1n) is 9.39. The van der Waals surface area contributed by atoms with Gasteiger partial charge in [-0.05, 0) is 68.6 Å². The molecule has 1 aliphatic rings. The number of amides is 1. The molecule has 0 aliphatic carbocycles.